The van der Waals surface area contributed by atoms with E-state index in [1.807, 2.05) is 73.7 Å². The number of methoxy groups -OCH3 is 2. The second-order valence-corrected chi connectivity index (χ2v) is 7.72. The van der Waals surface area contributed by atoms with Crippen molar-refractivity contribution in [2.24, 2.45) is 0 Å². The van der Waals surface area contributed by atoms with Crippen LogP contribution in [0.1, 0.15) is 16.7 Å². The van der Waals surface area contributed by atoms with Crippen molar-refractivity contribution in [1.82, 2.24) is 4.90 Å². The van der Waals surface area contributed by atoms with Crippen molar-refractivity contribution in [2.75, 3.05) is 19.5 Å². The summed E-state index contributed by atoms with van der Waals surface area (Å²) >= 11 is 12.2. The van der Waals surface area contributed by atoms with Crippen LogP contribution in [0.15, 0.2) is 66.7 Å². The molecule has 0 heterocycles. The van der Waals surface area contributed by atoms with Crippen LogP contribution < -0.4 is 14.8 Å². The molecule has 0 amide bonds. The Labute approximate surface area is 188 Å². The molecule has 0 aliphatic carbocycles. The molecule has 0 aliphatic heterocycles. The molecule has 0 unspecified atom stereocenters. The number of rotatable bonds is 7. The molecule has 4 nitrogen and oxygen atoms in total. The second-order valence-electron chi connectivity index (χ2n) is 6.93. The van der Waals surface area contributed by atoms with E-state index in [0.717, 1.165) is 33.9 Å². The molecule has 0 radical (unpaired) electrons. The summed E-state index contributed by atoms with van der Waals surface area (Å²) < 4.78 is 10.8. The number of hydrogen-bond acceptors (Lipinski definition) is 3. The van der Waals surface area contributed by atoms with Gasteiger partial charge in [-0.3, -0.25) is 0 Å². The van der Waals surface area contributed by atoms with Gasteiger partial charge in [-0.1, -0.05) is 48.0 Å². The predicted molar refractivity (Wildman–Crippen MR) is 128 cm³/mol. The number of hydrogen-bond donors (Lipinski definition) is 1. The molecule has 0 bridgehead atoms. The third-order valence-corrected chi connectivity index (χ3v) is 5.47. The minimum absolute atomic E-state index is 0.575. The van der Waals surface area contributed by atoms with Crippen molar-refractivity contribution < 1.29 is 9.47 Å². The SMILES string of the molecule is COc1ccc(CN(Cc2ccccc2Cl)C(=S)Nc2ccc(C)cc2OC)cc1. The number of benzene rings is 3. The number of aryl methyl sites for hydroxylation is 1. The second kappa shape index (κ2) is 10.3. The number of thiocarbonyl (C=S) groups is 1. The summed E-state index contributed by atoms with van der Waals surface area (Å²) in [5, 5.41) is 4.64. The van der Waals surface area contributed by atoms with Crippen LogP contribution in [0, 0.1) is 6.92 Å². The molecule has 0 atom stereocenters. The quantitative estimate of drug-likeness (QED) is 0.451. The zero-order chi connectivity index (χ0) is 21.5. The molecule has 1 N–H and O–H groups in total. The van der Waals surface area contributed by atoms with Gasteiger partial charge < -0.3 is 19.7 Å². The van der Waals surface area contributed by atoms with Crippen LogP contribution in [-0.4, -0.2) is 24.2 Å². The van der Waals surface area contributed by atoms with Gasteiger partial charge >= 0.3 is 0 Å². The average molecular weight is 441 g/mol. The van der Waals surface area contributed by atoms with Gasteiger partial charge in [-0.25, -0.2) is 0 Å². The van der Waals surface area contributed by atoms with E-state index in [1.165, 1.54) is 0 Å². The van der Waals surface area contributed by atoms with E-state index in [2.05, 4.69) is 10.2 Å². The lowest BCUT2D eigenvalue weighted by atomic mass is 10.1. The van der Waals surface area contributed by atoms with Crippen LogP contribution in [0.25, 0.3) is 0 Å². The summed E-state index contributed by atoms with van der Waals surface area (Å²) in [5.41, 5.74) is 4.07. The Kier molecular flexibility index (Phi) is 7.55. The molecule has 156 valence electrons. The van der Waals surface area contributed by atoms with E-state index in [9.17, 15) is 0 Å². The molecule has 0 aromatic heterocycles. The average Bonchev–Trinajstić information content (AvgIpc) is 2.76. The molecule has 0 saturated heterocycles. The van der Waals surface area contributed by atoms with Gasteiger partial charge in [0.1, 0.15) is 11.5 Å². The highest BCUT2D eigenvalue weighted by molar-refractivity contribution is 7.80. The Balaban J connectivity index is 1.85. The van der Waals surface area contributed by atoms with Gasteiger partial charge in [0.25, 0.3) is 0 Å². The van der Waals surface area contributed by atoms with Gasteiger partial charge in [-0.05, 0) is 66.2 Å². The molecule has 0 aliphatic rings. The van der Waals surface area contributed by atoms with Gasteiger partial charge in [-0.15, -0.1) is 0 Å². The zero-order valence-electron chi connectivity index (χ0n) is 17.3. The maximum Gasteiger partial charge on any atom is 0.174 e. The fourth-order valence-corrected chi connectivity index (χ4v) is 3.51. The molecular weight excluding hydrogens is 416 g/mol. The topological polar surface area (TPSA) is 33.7 Å². The van der Waals surface area contributed by atoms with E-state index in [0.29, 0.717) is 23.2 Å². The fourth-order valence-electron chi connectivity index (χ4n) is 3.08. The largest absolute Gasteiger partial charge is 0.497 e. The first kappa shape index (κ1) is 21.9. The first-order valence-electron chi connectivity index (χ1n) is 9.57. The summed E-state index contributed by atoms with van der Waals surface area (Å²) in [5.74, 6) is 1.57. The molecule has 3 rings (SSSR count). The minimum Gasteiger partial charge on any atom is -0.497 e. The zero-order valence-corrected chi connectivity index (χ0v) is 18.9. The summed E-state index contributed by atoms with van der Waals surface area (Å²) in [6.07, 6.45) is 0. The van der Waals surface area contributed by atoms with E-state index in [1.54, 1.807) is 14.2 Å². The normalized spacial score (nSPS) is 10.4. The van der Waals surface area contributed by atoms with Crippen LogP contribution in [0.3, 0.4) is 0 Å². The van der Waals surface area contributed by atoms with E-state index in [-0.39, 0.29) is 0 Å². The third-order valence-electron chi connectivity index (χ3n) is 4.74. The number of halogens is 1. The van der Waals surface area contributed by atoms with Crippen LogP contribution in [0.4, 0.5) is 5.69 Å². The maximum atomic E-state index is 6.41. The van der Waals surface area contributed by atoms with Gasteiger partial charge in [0.2, 0.25) is 0 Å². The first-order chi connectivity index (χ1) is 14.5. The highest BCUT2D eigenvalue weighted by atomic mass is 35.5. The Morgan fingerprint density at radius 1 is 0.967 bits per heavy atom. The minimum atomic E-state index is 0.575. The lowest BCUT2D eigenvalue weighted by molar-refractivity contribution is 0.405. The molecule has 3 aromatic rings. The van der Waals surface area contributed by atoms with E-state index < -0.39 is 0 Å². The highest BCUT2D eigenvalue weighted by Gasteiger charge is 2.15. The lowest BCUT2D eigenvalue weighted by Crippen LogP contribution is -2.34. The van der Waals surface area contributed by atoms with Crippen molar-refractivity contribution >= 4 is 34.6 Å². The van der Waals surface area contributed by atoms with Gasteiger partial charge in [0.05, 0.1) is 19.9 Å². The van der Waals surface area contributed by atoms with Crippen molar-refractivity contribution in [2.45, 2.75) is 20.0 Å². The van der Waals surface area contributed by atoms with Crippen molar-refractivity contribution in [3.63, 3.8) is 0 Å². The summed E-state index contributed by atoms with van der Waals surface area (Å²) in [7, 11) is 3.31. The van der Waals surface area contributed by atoms with E-state index in [4.69, 9.17) is 33.3 Å². The predicted octanol–water partition coefficient (Wildman–Crippen LogP) is 6.06. The molecule has 0 saturated carbocycles. The van der Waals surface area contributed by atoms with Crippen molar-refractivity contribution in [1.29, 1.82) is 0 Å². The number of nitrogens with one attached hydrogen (secondary N) is 1. The van der Waals surface area contributed by atoms with Crippen LogP contribution in [0.5, 0.6) is 11.5 Å². The first-order valence-corrected chi connectivity index (χ1v) is 10.4. The Morgan fingerprint density at radius 2 is 1.70 bits per heavy atom. The Morgan fingerprint density at radius 3 is 2.37 bits per heavy atom. The molecule has 0 spiro atoms. The van der Waals surface area contributed by atoms with Crippen molar-refractivity contribution in [3.8, 4) is 11.5 Å². The third kappa shape index (κ3) is 5.65. The fraction of sp³-hybridized carbons (Fsp3) is 0.208. The molecular formula is C24H25ClN2O2S. The smallest absolute Gasteiger partial charge is 0.174 e. The molecule has 6 heteroatoms. The molecule has 3 aromatic carbocycles. The van der Waals surface area contributed by atoms with E-state index >= 15 is 0 Å². The lowest BCUT2D eigenvalue weighted by Gasteiger charge is -2.27. The highest BCUT2D eigenvalue weighted by Crippen LogP contribution is 2.27. The number of ether oxygens (including phenoxy) is 2. The van der Waals surface area contributed by atoms with Gasteiger partial charge in [0.15, 0.2) is 5.11 Å². The van der Waals surface area contributed by atoms with Gasteiger partial charge in [0, 0.05) is 18.1 Å². The number of anilines is 1. The van der Waals surface area contributed by atoms with Crippen LogP contribution in [0.2, 0.25) is 5.02 Å². The summed E-state index contributed by atoms with van der Waals surface area (Å²) in [6, 6.07) is 21.7. The molecule has 30 heavy (non-hydrogen) atoms. The molecule has 0 fully saturated rings. The van der Waals surface area contributed by atoms with Gasteiger partial charge in [-0.2, -0.15) is 0 Å². The number of nitrogens with zero attached hydrogens (tertiary/aromatic N) is 1. The maximum absolute atomic E-state index is 6.41. The Hall–Kier alpha value is -2.76. The Bertz CT molecular complexity index is 1010. The van der Waals surface area contributed by atoms with Crippen LogP contribution >= 0.6 is 23.8 Å². The van der Waals surface area contributed by atoms with Crippen molar-refractivity contribution in [3.05, 3.63) is 88.4 Å². The van der Waals surface area contributed by atoms with Crippen LogP contribution in [-0.2, 0) is 13.1 Å². The summed E-state index contributed by atoms with van der Waals surface area (Å²) in [4.78, 5) is 2.08. The standard InChI is InChI=1S/C24H25ClN2O2S/c1-17-8-13-22(23(14-17)29-3)26-24(30)27(16-19-6-4-5-7-21(19)25)15-18-9-11-20(28-2)12-10-18/h4-14H,15-16H2,1-3H3,(H,26,30). The summed E-state index contributed by atoms with van der Waals surface area (Å²) in [6.45, 7) is 3.22. The monoisotopic (exact) mass is 440 g/mol.